The van der Waals surface area contributed by atoms with Crippen LogP contribution in [0.15, 0.2) is 18.2 Å². The van der Waals surface area contributed by atoms with Crippen LogP contribution in [0.5, 0.6) is 0 Å². The second kappa shape index (κ2) is 3.97. The third-order valence-electron chi connectivity index (χ3n) is 1.86. The number of rotatable bonds is 1. The lowest BCUT2D eigenvalue weighted by Crippen LogP contribution is -2.16. The van der Waals surface area contributed by atoms with Crippen LogP contribution in [0.2, 0.25) is 0 Å². The Hall–Kier alpha value is -1.24. The van der Waals surface area contributed by atoms with E-state index < -0.39 is 30.1 Å². The van der Waals surface area contributed by atoms with Crippen molar-refractivity contribution in [3.8, 4) is 0 Å². The van der Waals surface area contributed by atoms with Gasteiger partial charge in [0.2, 0.25) is 0 Å². The number of halogens is 6. The Balaban J connectivity index is 3.40. The van der Waals surface area contributed by atoms with Gasteiger partial charge in [-0.3, -0.25) is 0 Å². The van der Waals surface area contributed by atoms with E-state index in [1.165, 1.54) is 0 Å². The van der Waals surface area contributed by atoms with Gasteiger partial charge in [0, 0.05) is 0 Å². The van der Waals surface area contributed by atoms with Gasteiger partial charge in [0.15, 0.2) is 0 Å². The quantitative estimate of drug-likeness (QED) is 0.671. The summed E-state index contributed by atoms with van der Waals surface area (Å²) in [6.45, 7) is -0.999. The predicted octanol–water partition coefficient (Wildman–Crippen LogP) is 3.65. The molecular formula is C9H5F6O. The molecule has 89 valence electrons. The van der Waals surface area contributed by atoms with E-state index in [-0.39, 0.29) is 17.7 Å². The largest absolute Gasteiger partial charge is 0.417 e. The van der Waals surface area contributed by atoms with Crippen molar-refractivity contribution in [1.82, 2.24) is 0 Å². The highest BCUT2D eigenvalue weighted by Crippen LogP contribution is 2.40. The fourth-order valence-electron chi connectivity index (χ4n) is 1.16. The van der Waals surface area contributed by atoms with Gasteiger partial charge in [0.1, 0.15) is 6.61 Å². The van der Waals surface area contributed by atoms with Crippen molar-refractivity contribution in [3.63, 3.8) is 0 Å². The van der Waals surface area contributed by atoms with E-state index >= 15 is 0 Å². The Morgan fingerprint density at radius 3 is 1.75 bits per heavy atom. The van der Waals surface area contributed by atoms with Gasteiger partial charge in [0.25, 0.3) is 0 Å². The molecule has 1 rings (SSSR count). The number of alkyl halides is 6. The molecule has 16 heavy (non-hydrogen) atoms. The lowest BCUT2D eigenvalue weighted by molar-refractivity contribution is -0.162. The minimum atomic E-state index is -5.13. The van der Waals surface area contributed by atoms with Crippen molar-refractivity contribution in [1.29, 1.82) is 0 Å². The topological polar surface area (TPSA) is 19.9 Å². The molecule has 0 amide bonds. The zero-order valence-corrected chi connectivity index (χ0v) is 7.62. The van der Waals surface area contributed by atoms with Crippen LogP contribution in [0.25, 0.3) is 0 Å². The normalized spacial score (nSPS) is 12.9. The predicted molar refractivity (Wildman–Crippen MR) is 40.8 cm³/mol. The molecule has 0 saturated heterocycles. The first-order chi connectivity index (χ1) is 7.16. The van der Waals surface area contributed by atoms with Gasteiger partial charge in [0.05, 0.1) is 11.1 Å². The van der Waals surface area contributed by atoms with Gasteiger partial charge in [-0.2, -0.15) is 26.3 Å². The summed E-state index contributed by atoms with van der Waals surface area (Å²) in [5.41, 5.74) is -3.94. The van der Waals surface area contributed by atoms with E-state index in [0.29, 0.717) is 0 Å². The summed E-state index contributed by atoms with van der Waals surface area (Å²) < 4.78 is 73.6. The first-order valence-electron chi connectivity index (χ1n) is 4.01. The van der Waals surface area contributed by atoms with Gasteiger partial charge in [-0.25, -0.2) is 5.11 Å². The first kappa shape index (κ1) is 12.8. The lowest BCUT2D eigenvalue weighted by atomic mass is 10.0. The second-order valence-electron chi connectivity index (χ2n) is 3.02. The molecule has 0 atom stereocenters. The highest BCUT2D eigenvalue weighted by atomic mass is 19.4. The molecule has 1 aromatic carbocycles. The minimum Gasteiger partial charge on any atom is -0.232 e. The van der Waals surface area contributed by atoms with Crippen LogP contribution in [0, 0.1) is 0 Å². The maximum Gasteiger partial charge on any atom is 0.417 e. The summed E-state index contributed by atoms with van der Waals surface area (Å²) in [5, 5.41) is 10.3. The van der Waals surface area contributed by atoms with Crippen LogP contribution in [0.3, 0.4) is 0 Å². The average molecular weight is 243 g/mol. The lowest BCUT2D eigenvalue weighted by Gasteiger charge is -2.15. The maximum atomic E-state index is 12.3. The third-order valence-corrected chi connectivity index (χ3v) is 1.86. The van der Waals surface area contributed by atoms with Crippen molar-refractivity contribution in [2.75, 3.05) is 0 Å². The molecule has 0 heterocycles. The Bertz CT molecular complexity index is 379. The summed E-state index contributed by atoms with van der Waals surface area (Å²) >= 11 is 0. The van der Waals surface area contributed by atoms with Crippen molar-refractivity contribution < 1.29 is 31.4 Å². The van der Waals surface area contributed by atoms with Crippen LogP contribution >= 0.6 is 0 Å². The first-order valence-corrected chi connectivity index (χ1v) is 4.01. The van der Waals surface area contributed by atoms with E-state index in [4.69, 9.17) is 0 Å². The molecule has 0 aliphatic carbocycles. The van der Waals surface area contributed by atoms with Gasteiger partial charge >= 0.3 is 12.4 Å². The third kappa shape index (κ3) is 2.66. The maximum absolute atomic E-state index is 12.3. The summed E-state index contributed by atoms with van der Waals surface area (Å²) in [4.78, 5) is 0. The van der Waals surface area contributed by atoms with Crippen LogP contribution in [0.1, 0.15) is 16.7 Å². The van der Waals surface area contributed by atoms with E-state index in [2.05, 4.69) is 0 Å². The molecule has 1 aromatic rings. The van der Waals surface area contributed by atoms with E-state index in [1.807, 2.05) is 0 Å². The van der Waals surface area contributed by atoms with Crippen LogP contribution in [-0.4, -0.2) is 0 Å². The average Bonchev–Trinajstić information content (AvgIpc) is 2.14. The van der Waals surface area contributed by atoms with E-state index in [9.17, 15) is 31.4 Å². The summed E-state index contributed by atoms with van der Waals surface area (Å²) in [7, 11) is 0. The molecule has 7 heteroatoms. The Morgan fingerprint density at radius 1 is 0.875 bits per heavy atom. The summed E-state index contributed by atoms with van der Waals surface area (Å²) in [5.74, 6) is 0. The fourth-order valence-corrected chi connectivity index (χ4v) is 1.16. The molecule has 0 aliphatic rings. The van der Waals surface area contributed by atoms with Crippen LogP contribution in [-0.2, 0) is 24.1 Å². The standard InChI is InChI=1S/C9H5F6O/c10-8(11,12)6-2-1-5(4-16)3-7(6)9(13,14)15/h1-3H,4H2. The minimum absolute atomic E-state index is 0.232. The van der Waals surface area contributed by atoms with E-state index in [1.54, 1.807) is 0 Å². The van der Waals surface area contributed by atoms with E-state index in [0.717, 1.165) is 6.07 Å². The monoisotopic (exact) mass is 243 g/mol. The van der Waals surface area contributed by atoms with Gasteiger partial charge < -0.3 is 0 Å². The summed E-state index contributed by atoms with van der Waals surface area (Å²) in [6.07, 6.45) is -10.2. The molecule has 0 aliphatic heterocycles. The molecule has 0 aromatic heterocycles. The Morgan fingerprint density at radius 2 is 1.38 bits per heavy atom. The Kier molecular flexibility index (Phi) is 3.18. The number of hydrogen-bond donors (Lipinski definition) is 0. The van der Waals surface area contributed by atoms with Crippen molar-refractivity contribution in [2.24, 2.45) is 0 Å². The Labute approximate surface area is 86.3 Å². The van der Waals surface area contributed by atoms with Gasteiger partial charge in [-0.15, -0.1) is 0 Å². The molecule has 0 saturated carbocycles. The second-order valence-corrected chi connectivity index (χ2v) is 3.02. The number of hydrogen-bond acceptors (Lipinski definition) is 0. The highest BCUT2D eigenvalue weighted by Gasteiger charge is 2.42. The molecule has 0 N–H and O–H groups in total. The smallest absolute Gasteiger partial charge is 0.232 e. The SMILES string of the molecule is [O]Cc1ccc(C(F)(F)F)c(C(F)(F)F)c1. The molecule has 0 spiro atoms. The summed E-state index contributed by atoms with van der Waals surface area (Å²) in [6, 6.07) is 1.25. The number of benzene rings is 1. The van der Waals surface area contributed by atoms with Gasteiger partial charge in [-0.05, 0) is 17.7 Å². The molecule has 0 unspecified atom stereocenters. The molecule has 0 fully saturated rings. The molecule has 1 nitrogen and oxygen atoms in total. The molecule has 1 radical (unpaired) electrons. The van der Waals surface area contributed by atoms with Crippen molar-refractivity contribution in [3.05, 3.63) is 34.9 Å². The van der Waals surface area contributed by atoms with Crippen LogP contribution < -0.4 is 0 Å². The molecular weight excluding hydrogens is 238 g/mol. The van der Waals surface area contributed by atoms with Crippen LogP contribution in [0.4, 0.5) is 26.3 Å². The van der Waals surface area contributed by atoms with Gasteiger partial charge in [-0.1, -0.05) is 6.07 Å². The molecule has 0 bridgehead atoms. The van der Waals surface area contributed by atoms with Crippen molar-refractivity contribution >= 4 is 0 Å². The van der Waals surface area contributed by atoms with Crippen molar-refractivity contribution in [2.45, 2.75) is 19.0 Å². The zero-order valence-electron chi connectivity index (χ0n) is 7.62. The zero-order chi connectivity index (χ0) is 12.6. The fraction of sp³-hybridized carbons (Fsp3) is 0.333. The highest BCUT2D eigenvalue weighted by molar-refractivity contribution is 5.35.